The second-order valence-corrected chi connectivity index (χ2v) is 11.8. The second-order valence-electron chi connectivity index (χ2n) is 11.8. The number of carbonyl (C=O) groups is 3. The van der Waals surface area contributed by atoms with E-state index in [-0.39, 0.29) is 18.9 Å². The van der Waals surface area contributed by atoms with Gasteiger partial charge in [0.2, 0.25) is 0 Å². The minimum absolute atomic E-state index is 0.00947. The van der Waals surface area contributed by atoms with Crippen LogP contribution in [-0.4, -0.2) is 66.2 Å². The first-order valence-corrected chi connectivity index (χ1v) is 13.0. The molecular weight excluding hydrogens is 478 g/mol. The third-order valence-electron chi connectivity index (χ3n) is 6.11. The lowest BCUT2D eigenvalue weighted by molar-refractivity contribution is -0.156. The first-order valence-electron chi connectivity index (χ1n) is 13.0. The van der Waals surface area contributed by atoms with Crippen LogP contribution in [0.5, 0.6) is 5.75 Å². The Bertz CT molecular complexity index is 942. The van der Waals surface area contributed by atoms with Crippen molar-refractivity contribution in [2.24, 2.45) is 5.92 Å². The average molecular weight is 520 g/mol. The quantitative estimate of drug-likeness (QED) is 0.338. The first kappa shape index (κ1) is 28.6. The van der Waals surface area contributed by atoms with Crippen LogP contribution in [-0.2, 0) is 30.2 Å². The number of benzene rings is 1. The van der Waals surface area contributed by atoms with Crippen molar-refractivity contribution in [3.63, 3.8) is 0 Å². The summed E-state index contributed by atoms with van der Waals surface area (Å²) < 4.78 is 27.8. The van der Waals surface area contributed by atoms with Crippen LogP contribution in [0.2, 0.25) is 0 Å². The number of hydrogen-bond acceptors (Lipinski definition) is 8. The largest absolute Gasteiger partial charge is 0.509 e. The zero-order chi connectivity index (χ0) is 27.4. The molecule has 3 atom stereocenters. The van der Waals surface area contributed by atoms with Crippen LogP contribution in [0.4, 0.5) is 9.59 Å². The number of methoxy groups -OCH3 is 1. The molecule has 1 heterocycles. The van der Waals surface area contributed by atoms with Gasteiger partial charge in [-0.1, -0.05) is 25.0 Å². The maximum Gasteiger partial charge on any atom is 0.509 e. The predicted octanol–water partition coefficient (Wildman–Crippen LogP) is 5.28. The van der Waals surface area contributed by atoms with Crippen molar-refractivity contribution >= 4 is 18.2 Å². The van der Waals surface area contributed by atoms with Crippen LogP contribution >= 0.6 is 0 Å². The van der Waals surface area contributed by atoms with Crippen molar-refractivity contribution in [2.75, 3.05) is 13.7 Å². The van der Waals surface area contributed by atoms with E-state index in [2.05, 4.69) is 0 Å². The van der Waals surface area contributed by atoms with E-state index in [0.717, 1.165) is 24.8 Å². The number of likely N-dealkylation sites (tertiary alicyclic amines) is 1. The van der Waals surface area contributed by atoms with Gasteiger partial charge >= 0.3 is 18.2 Å². The monoisotopic (exact) mass is 519 g/mol. The summed E-state index contributed by atoms with van der Waals surface area (Å²) in [5.74, 6) is 0.895. The molecule has 0 unspecified atom stereocenters. The molecule has 2 fully saturated rings. The van der Waals surface area contributed by atoms with E-state index < -0.39 is 41.7 Å². The van der Waals surface area contributed by atoms with E-state index >= 15 is 0 Å². The Balaban J connectivity index is 1.87. The Morgan fingerprint density at radius 2 is 1.54 bits per heavy atom. The highest BCUT2D eigenvalue weighted by molar-refractivity contribution is 5.72. The van der Waals surface area contributed by atoms with Crippen molar-refractivity contribution in [1.29, 1.82) is 0 Å². The summed E-state index contributed by atoms with van der Waals surface area (Å²) in [4.78, 5) is 40.1. The molecule has 2 aliphatic rings. The smallest absolute Gasteiger partial charge is 0.497 e. The van der Waals surface area contributed by atoms with Crippen molar-refractivity contribution in [3.05, 3.63) is 29.8 Å². The molecule has 1 aromatic carbocycles. The van der Waals surface area contributed by atoms with Crippen LogP contribution < -0.4 is 4.74 Å². The lowest BCUT2D eigenvalue weighted by Crippen LogP contribution is -2.45. The molecule has 1 aromatic rings. The second kappa shape index (κ2) is 11.6. The maximum absolute atomic E-state index is 13.2. The van der Waals surface area contributed by atoms with E-state index in [4.69, 9.17) is 23.7 Å². The van der Waals surface area contributed by atoms with Gasteiger partial charge < -0.3 is 23.7 Å². The summed E-state index contributed by atoms with van der Waals surface area (Å²) >= 11 is 0. The van der Waals surface area contributed by atoms with Crippen molar-refractivity contribution < 1.29 is 38.1 Å². The van der Waals surface area contributed by atoms with E-state index in [0.29, 0.717) is 18.1 Å². The Labute approximate surface area is 219 Å². The molecule has 1 amide bonds. The zero-order valence-corrected chi connectivity index (χ0v) is 23.1. The van der Waals surface area contributed by atoms with E-state index in [9.17, 15) is 14.4 Å². The average Bonchev–Trinajstić information content (AvgIpc) is 3.55. The molecule has 0 spiro atoms. The highest BCUT2D eigenvalue weighted by Gasteiger charge is 2.50. The molecule has 1 aliphatic heterocycles. The summed E-state index contributed by atoms with van der Waals surface area (Å²) in [5.41, 5.74) is -0.599. The highest BCUT2D eigenvalue weighted by Crippen LogP contribution is 2.34. The first-order chi connectivity index (χ1) is 17.2. The number of rotatable bonds is 8. The lowest BCUT2D eigenvalue weighted by atomic mass is 10.0. The molecule has 3 rings (SSSR count). The summed E-state index contributed by atoms with van der Waals surface area (Å²) in [6.45, 7) is 10.6. The van der Waals surface area contributed by atoms with E-state index in [1.165, 1.54) is 4.90 Å². The Hall–Kier alpha value is -2.97. The number of ether oxygens (including phenoxy) is 5. The molecule has 0 N–H and O–H groups in total. The molecule has 0 aromatic heterocycles. The van der Waals surface area contributed by atoms with Gasteiger partial charge in [0, 0.05) is 6.42 Å². The van der Waals surface area contributed by atoms with Crippen LogP contribution in [0.3, 0.4) is 0 Å². The van der Waals surface area contributed by atoms with Crippen LogP contribution in [0.1, 0.15) is 72.8 Å². The molecule has 0 radical (unpaired) electrons. The Morgan fingerprint density at radius 3 is 2.08 bits per heavy atom. The summed E-state index contributed by atoms with van der Waals surface area (Å²) in [6, 6.07) is 6.82. The van der Waals surface area contributed by atoms with Gasteiger partial charge in [0.1, 0.15) is 17.0 Å². The number of carbonyl (C=O) groups excluding carboxylic acids is 3. The van der Waals surface area contributed by atoms with Gasteiger partial charge in [-0.3, -0.25) is 9.69 Å². The third kappa shape index (κ3) is 9.13. The normalized spacial score (nSPS) is 21.8. The van der Waals surface area contributed by atoms with Crippen molar-refractivity contribution in [1.82, 2.24) is 4.90 Å². The summed E-state index contributed by atoms with van der Waals surface area (Å²) in [6.07, 6.45) is 0.430. The van der Waals surface area contributed by atoms with Gasteiger partial charge in [0.05, 0.1) is 19.7 Å². The standard InChI is InChI=1S/C28H41NO8/c1-27(2,3)36-25(31)29-17-22(34-26(32)37-28(4,5)6)24(35-23(30)15-12-18-8-9-18)21(29)16-19-10-13-20(33-7)14-11-19/h10-11,13-14,18,21-22,24H,8-9,12,15-17H2,1-7H3/t21-,22+,24+/m1/s1. The topological polar surface area (TPSA) is 101 Å². The van der Waals surface area contributed by atoms with Crippen LogP contribution in [0.15, 0.2) is 24.3 Å². The van der Waals surface area contributed by atoms with Crippen LogP contribution in [0.25, 0.3) is 0 Å². The van der Waals surface area contributed by atoms with Gasteiger partial charge in [0.25, 0.3) is 0 Å². The van der Waals surface area contributed by atoms with Crippen LogP contribution in [0, 0.1) is 5.92 Å². The highest BCUT2D eigenvalue weighted by atomic mass is 16.7. The molecule has 37 heavy (non-hydrogen) atoms. The molecule has 1 aliphatic carbocycles. The number of nitrogens with zero attached hydrogens (tertiary/aromatic N) is 1. The Kier molecular flexibility index (Phi) is 8.97. The predicted molar refractivity (Wildman–Crippen MR) is 136 cm³/mol. The molecule has 1 saturated heterocycles. The zero-order valence-electron chi connectivity index (χ0n) is 23.1. The number of esters is 1. The SMILES string of the molecule is COc1ccc(C[C@@H]2[C@H](OC(=O)CCC3CC3)[C@@H](OC(=O)OC(C)(C)C)CN2C(=O)OC(C)(C)C)cc1. The molecule has 206 valence electrons. The molecule has 0 bridgehead atoms. The fraction of sp³-hybridized carbons (Fsp3) is 0.679. The molecular formula is C28H41NO8. The minimum atomic E-state index is -0.907. The number of amides is 1. The maximum atomic E-state index is 13.2. The van der Waals surface area contributed by atoms with Gasteiger partial charge in [0.15, 0.2) is 12.2 Å². The Morgan fingerprint density at radius 1 is 0.919 bits per heavy atom. The van der Waals surface area contributed by atoms with Gasteiger partial charge in [-0.15, -0.1) is 0 Å². The summed E-state index contributed by atoms with van der Waals surface area (Å²) in [5, 5.41) is 0. The molecule has 1 saturated carbocycles. The van der Waals surface area contributed by atoms with Gasteiger partial charge in [-0.25, -0.2) is 9.59 Å². The van der Waals surface area contributed by atoms with E-state index in [1.54, 1.807) is 48.7 Å². The molecule has 9 nitrogen and oxygen atoms in total. The van der Waals surface area contributed by atoms with Crippen molar-refractivity contribution in [2.45, 2.75) is 103 Å². The van der Waals surface area contributed by atoms with Gasteiger partial charge in [-0.2, -0.15) is 0 Å². The summed E-state index contributed by atoms with van der Waals surface area (Å²) in [7, 11) is 1.59. The third-order valence-corrected chi connectivity index (χ3v) is 6.11. The number of hydrogen-bond donors (Lipinski definition) is 0. The lowest BCUT2D eigenvalue weighted by Gasteiger charge is -2.30. The van der Waals surface area contributed by atoms with Crippen molar-refractivity contribution in [3.8, 4) is 5.75 Å². The van der Waals surface area contributed by atoms with E-state index in [1.807, 2.05) is 24.3 Å². The fourth-order valence-corrected chi connectivity index (χ4v) is 4.21. The minimum Gasteiger partial charge on any atom is -0.497 e. The fourth-order valence-electron chi connectivity index (χ4n) is 4.21. The molecule has 9 heteroatoms. The van der Waals surface area contributed by atoms with Gasteiger partial charge in [-0.05, 0) is 78.0 Å².